The highest BCUT2D eigenvalue weighted by atomic mass is 32.1. The van der Waals surface area contributed by atoms with Crippen molar-refractivity contribution >= 4 is 43.0 Å². The van der Waals surface area contributed by atoms with E-state index in [1.165, 1.54) is 14.1 Å². The van der Waals surface area contributed by atoms with Gasteiger partial charge in [0.1, 0.15) is 6.04 Å². The lowest BCUT2D eigenvalue weighted by Crippen LogP contribution is -2.62. The number of hydrogen-bond acceptors (Lipinski definition) is 6. The lowest BCUT2D eigenvalue weighted by molar-refractivity contribution is -0.141. The Hall–Kier alpha value is -1.07. The van der Waals surface area contributed by atoms with E-state index in [-0.39, 0.29) is 5.75 Å². The summed E-state index contributed by atoms with van der Waals surface area (Å²) in [5, 5.41) is 8.04. The van der Waals surface area contributed by atoms with Crippen molar-refractivity contribution in [2.75, 3.05) is 25.6 Å². The van der Waals surface area contributed by atoms with Crippen LogP contribution in [0.4, 0.5) is 8.78 Å². The predicted octanol–water partition coefficient (Wildman–Crippen LogP) is -1.24. The smallest absolute Gasteiger partial charge is 0.279 e. The maximum absolute atomic E-state index is 14.3. The van der Waals surface area contributed by atoms with Gasteiger partial charge >= 0.3 is 0 Å². The first-order chi connectivity index (χ1) is 10.1. The van der Waals surface area contributed by atoms with E-state index in [2.05, 4.69) is 35.9 Å². The molecule has 0 aliphatic rings. The van der Waals surface area contributed by atoms with Gasteiger partial charge in [0.15, 0.2) is 0 Å². The molecule has 0 unspecified atom stereocenters. The van der Waals surface area contributed by atoms with E-state index >= 15 is 0 Å². The minimum absolute atomic E-state index is 0.228. The second-order valence-electron chi connectivity index (χ2n) is 4.49. The summed E-state index contributed by atoms with van der Waals surface area (Å²) in [5.41, 5.74) is 0. The van der Waals surface area contributed by atoms with Crippen molar-refractivity contribution in [1.29, 1.82) is 0 Å². The van der Waals surface area contributed by atoms with Crippen molar-refractivity contribution in [3.63, 3.8) is 0 Å². The molecule has 3 amide bonds. The summed E-state index contributed by atoms with van der Waals surface area (Å²) in [6.45, 7) is 0.952. The fourth-order valence-corrected chi connectivity index (χ4v) is 1.73. The van der Waals surface area contributed by atoms with E-state index in [0.717, 1.165) is 6.92 Å². The molecule has 0 aliphatic carbocycles. The molecule has 0 aromatic rings. The quantitative estimate of drug-likeness (QED) is 0.242. The summed E-state index contributed by atoms with van der Waals surface area (Å²) in [6, 6.07) is -1.33. The van der Waals surface area contributed by atoms with Crippen LogP contribution in [0.1, 0.15) is 6.92 Å². The molecule has 0 radical (unpaired) electrons. The predicted molar refractivity (Wildman–Crippen MR) is 84.3 cm³/mol. The molecule has 0 aromatic carbocycles. The molecule has 0 aliphatic heterocycles. The minimum Gasteiger partial charge on any atom is -0.355 e. The van der Waals surface area contributed by atoms with E-state index in [4.69, 9.17) is 0 Å². The summed E-state index contributed by atoms with van der Waals surface area (Å²) in [6.07, 6.45) is 0. The average molecular weight is 358 g/mol. The molecule has 3 atom stereocenters. The molecule has 0 rings (SSSR count). The van der Waals surface area contributed by atoms with Crippen LogP contribution in [0, 0.1) is 0 Å². The number of alkyl halides is 2. The minimum atomic E-state index is -2.76. The van der Waals surface area contributed by atoms with Crippen LogP contribution >= 0.6 is 25.3 Å². The number of nitrogens with one attached hydrogen (secondary N) is 4. The van der Waals surface area contributed by atoms with Crippen LogP contribution in [0.15, 0.2) is 0 Å². The Labute approximate surface area is 138 Å². The van der Waals surface area contributed by atoms with Crippen LogP contribution < -0.4 is 21.3 Å². The highest BCUT2D eigenvalue weighted by Crippen LogP contribution is 2.11. The number of thiol groups is 2. The van der Waals surface area contributed by atoms with E-state index in [0.29, 0.717) is 0 Å². The zero-order valence-corrected chi connectivity index (χ0v) is 14.2. The monoisotopic (exact) mass is 358 g/mol. The van der Waals surface area contributed by atoms with Crippen LogP contribution in [0.25, 0.3) is 0 Å². The van der Waals surface area contributed by atoms with E-state index in [9.17, 15) is 23.2 Å². The SMILES string of the molecule is CNC(=O)[C@@](F)(CS)NC(=O)[C@@H](CS)NC(=O)[C@](C)(F)NC. The number of rotatable bonds is 8. The molecule has 0 fully saturated rings. The lowest BCUT2D eigenvalue weighted by Gasteiger charge is -2.27. The number of carbonyl (C=O) groups excluding carboxylic acids is 3. The average Bonchev–Trinajstić information content (AvgIpc) is 2.50. The fourth-order valence-electron chi connectivity index (χ4n) is 1.25. The topological polar surface area (TPSA) is 99.3 Å². The van der Waals surface area contributed by atoms with Gasteiger partial charge in [-0.25, -0.2) is 8.78 Å². The maximum atomic E-state index is 14.3. The molecule has 0 bridgehead atoms. The van der Waals surface area contributed by atoms with Crippen molar-refractivity contribution in [2.45, 2.75) is 24.6 Å². The normalized spacial score (nSPS) is 17.6. The summed E-state index contributed by atoms with van der Waals surface area (Å²) >= 11 is 7.52. The van der Waals surface area contributed by atoms with Gasteiger partial charge in [0.2, 0.25) is 11.7 Å². The largest absolute Gasteiger partial charge is 0.355 e. The summed E-state index contributed by atoms with van der Waals surface area (Å²) in [7, 11) is 2.40. The Balaban J connectivity index is 5.00. The molecule has 0 heterocycles. The van der Waals surface area contributed by atoms with Gasteiger partial charge in [-0.3, -0.25) is 19.7 Å². The van der Waals surface area contributed by atoms with Crippen LogP contribution in [0.5, 0.6) is 0 Å². The van der Waals surface area contributed by atoms with Crippen molar-refractivity contribution in [1.82, 2.24) is 21.3 Å². The van der Waals surface area contributed by atoms with Crippen molar-refractivity contribution in [3.05, 3.63) is 0 Å². The molecular formula is C11H20F2N4O3S2. The van der Waals surface area contributed by atoms with Crippen LogP contribution in [0.2, 0.25) is 0 Å². The Morgan fingerprint density at radius 3 is 2.05 bits per heavy atom. The highest BCUT2D eigenvalue weighted by molar-refractivity contribution is 7.80. The number of halogens is 2. The first-order valence-electron chi connectivity index (χ1n) is 6.21. The third kappa shape index (κ3) is 5.29. The van der Waals surface area contributed by atoms with E-state index in [1.54, 1.807) is 0 Å². The van der Waals surface area contributed by atoms with Crippen molar-refractivity contribution < 1.29 is 23.2 Å². The van der Waals surface area contributed by atoms with Crippen molar-refractivity contribution in [3.8, 4) is 0 Å². The van der Waals surface area contributed by atoms with Gasteiger partial charge in [0.05, 0.1) is 5.75 Å². The summed E-state index contributed by atoms with van der Waals surface area (Å²) in [5.74, 6) is -9.29. The van der Waals surface area contributed by atoms with Crippen LogP contribution in [-0.2, 0) is 14.4 Å². The number of likely N-dealkylation sites (N-methyl/N-ethyl adjacent to an activating group) is 2. The second kappa shape index (κ2) is 8.53. The van der Waals surface area contributed by atoms with Gasteiger partial charge in [0, 0.05) is 12.8 Å². The number of hydrogen-bond donors (Lipinski definition) is 6. The molecular weight excluding hydrogens is 338 g/mol. The Bertz CT molecular complexity index is 440. The maximum Gasteiger partial charge on any atom is 0.279 e. The van der Waals surface area contributed by atoms with E-state index < -0.39 is 41.1 Å². The number of amides is 3. The van der Waals surface area contributed by atoms with Crippen molar-refractivity contribution in [2.24, 2.45) is 0 Å². The Kier molecular flexibility index (Phi) is 8.12. The first kappa shape index (κ1) is 20.9. The standard InChI is InChI=1S/C11H20F2N4O3S2/c1-10(12,15-3)8(19)16-6(4-21)7(18)17-11(13,5-22)9(20)14-2/h6,15,21-22H,4-5H2,1-3H3,(H,14,20)(H,16,19)(H,17,18)/t6-,10-,11-/m1/s1. The first-order valence-corrected chi connectivity index (χ1v) is 7.48. The third-order valence-corrected chi connectivity index (χ3v) is 3.63. The molecule has 128 valence electrons. The fraction of sp³-hybridized carbons (Fsp3) is 0.727. The molecule has 22 heavy (non-hydrogen) atoms. The molecule has 11 heteroatoms. The van der Waals surface area contributed by atoms with Gasteiger partial charge in [0.25, 0.3) is 17.6 Å². The zero-order valence-electron chi connectivity index (χ0n) is 12.4. The van der Waals surface area contributed by atoms with E-state index in [1.807, 2.05) is 10.6 Å². The lowest BCUT2D eigenvalue weighted by atomic mass is 10.2. The van der Waals surface area contributed by atoms with Crippen LogP contribution in [0.3, 0.4) is 0 Å². The zero-order chi connectivity index (χ0) is 17.6. The Morgan fingerprint density at radius 1 is 1.14 bits per heavy atom. The molecule has 0 spiro atoms. The molecule has 4 N–H and O–H groups in total. The summed E-state index contributed by atoms with van der Waals surface area (Å²) < 4.78 is 28.0. The highest BCUT2D eigenvalue weighted by Gasteiger charge is 2.41. The summed E-state index contributed by atoms with van der Waals surface area (Å²) in [4.78, 5) is 35.0. The molecule has 0 saturated heterocycles. The third-order valence-electron chi connectivity index (χ3n) is 2.83. The molecule has 7 nitrogen and oxygen atoms in total. The van der Waals surface area contributed by atoms with Gasteiger partial charge < -0.3 is 16.0 Å². The van der Waals surface area contributed by atoms with Gasteiger partial charge in [-0.1, -0.05) is 0 Å². The van der Waals surface area contributed by atoms with Gasteiger partial charge in [-0.15, -0.1) is 0 Å². The van der Waals surface area contributed by atoms with Crippen LogP contribution in [-0.4, -0.2) is 60.9 Å². The van der Waals surface area contributed by atoms with Gasteiger partial charge in [-0.2, -0.15) is 25.3 Å². The van der Waals surface area contributed by atoms with Gasteiger partial charge in [-0.05, 0) is 14.0 Å². The second-order valence-corrected chi connectivity index (χ2v) is 5.17. The molecule has 0 aromatic heterocycles. The number of carbonyl (C=O) groups is 3. The molecule has 0 saturated carbocycles. The Morgan fingerprint density at radius 2 is 1.68 bits per heavy atom.